The number of rotatable bonds is 4. The van der Waals surface area contributed by atoms with Crippen molar-refractivity contribution in [3.05, 3.63) is 0 Å². The van der Waals surface area contributed by atoms with Gasteiger partial charge in [-0.05, 0) is 31.6 Å². The summed E-state index contributed by atoms with van der Waals surface area (Å²) in [5.41, 5.74) is 0. The Balaban J connectivity index is 1.63. The molecule has 2 saturated carbocycles. The van der Waals surface area contributed by atoms with Crippen LogP contribution in [0.2, 0.25) is 0 Å². The summed E-state index contributed by atoms with van der Waals surface area (Å²) in [6.45, 7) is 0.579. The van der Waals surface area contributed by atoms with E-state index in [-0.39, 0.29) is 6.10 Å². The average Bonchev–Trinajstić information content (AvgIpc) is 2.81. The maximum atomic E-state index is 9.95. The van der Waals surface area contributed by atoms with Crippen LogP contribution >= 0.6 is 0 Å². The van der Waals surface area contributed by atoms with Gasteiger partial charge in [-0.15, -0.1) is 0 Å². The van der Waals surface area contributed by atoms with E-state index in [1.165, 1.54) is 57.8 Å². The first-order chi connectivity index (χ1) is 7.36. The minimum Gasteiger partial charge on any atom is -0.390 e. The molecule has 0 aliphatic heterocycles. The zero-order valence-electron chi connectivity index (χ0n) is 9.66. The van der Waals surface area contributed by atoms with Crippen LogP contribution in [0.1, 0.15) is 57.8 Å². The Labute approximate surface area is 93.0 Å². The van der Waals surface area contributed by atoms with E-state index < -0.39 is 0 Å². The van der Waals surface area contributed by atoms with Crippen LogP contribution in [0.3, 0.4) is 0 Å². The Morgan fingerprint density at radius 1 is 0.933 bits per heavy atom. The first-order valence-electron chi connectivity index (χ1n) is 6.66. The Kier molecular flexibility index (Phi) is 4.45. The van der Waals surface area contributed by atoms with Gasteiger partial charge in [0.15, 0.2) is 0 Å². The van der Waals surface area contributed by atoms with Gasteiger partial charge in [-0.1, -0.05) is 32.1 Å². The van der Waals surface area contributed by atoms with Crippen molar-refractivity contribution in [1.29, 1.82) is 0 Å². The second kappa shape index (κ2) is 5.86. The highest BCUT2D eigenvalue weighted by atomic mass is 16.5. The van der Waals surface area contributed by atoms with Crippen molar-refractivity contribution in [2.24, 2.45) is 5.92 Å². The number of hydrogen-bond acceptors (Lipinski definition) is 2. The number of ether oxygens (including phenoxy) is 1. The zero-order valence-corrected chi connectivity index (χ0v) is 9.66. The van der Waals surface area contributed by atoms with E-state index in [1.54, 1.807) is 0 Å². The maximum absolute atomic E-state index is 9.95. The second-order valence-corrected chi connectivity index (χ2v) is 5.21. The number of aliphatic hydroxyl groups excluding tert-OH is 1. The third-order valence-electron chi connectivity index (χ3n) is 4.00. The maximum Gasteiger partial charge on any atom is 0.0801 e. The molecule has 0 spiro atoms. The molecule has 1 unspecified atom stereocenters. The molecule has 0 radical (unpaired) electrons. The normalized spacial score (nSPS) is 27.0. The molecule has 1 N–H and O–H groups in total. The lowest BCUT2D eigenvalue weighted by Crippen LogP contribution is -2.28. The summed E-state index contributed by atoms with van der Waals surface area (Å²) >= 11 is 0. The fraction of sp³-hybridized carbons (Fsp3) is 1.00. The number of aliphatic hydroxyl groups is 1. The minimum absolute atomic E-state index is 0.200. The fourth-order valence-electron chi connectivity index (χ4n) is 2.94. The van der Waals surface area contributed by atoms with Crippen LogP contribution in [0.5, 0.6) is 0 Å². The molecule has 88 valence electrons. The summed E-state index contributed by atoms with van der Waals surface area (Å²) in [5, 5.41) is 9.95. The monoisotopic (exact) mass is 212 g/mol. The van der Waals surface area contributed by atoms with Gasteiger partial charge in [-0.3, -0.25) is 0 Å². The summed E-state index contributed by atoms with van der Waals surface area (Å²) < 4.78 is 5.81. The molecule has 0 saturated heterocycles. The Bertz CT molecular complexity index is 169. The second-order valence-electron chi connectivity index (χ2n) is 5.21. The van der Waals surface area contributed by atoms with Gasteiger partial charge in [0, 0.05) is 0 Å². The molecule has 2 aliphatic rings. The van der Waals surface area contributed by atoms with Crippen molar-refractivity contribution in [3.63, 3.8) is 0 Å². The summed E-state index contributed by atoms with van der Waals surface area (Å²) in [6, 6.07) is 0. The first-order valence-corrected chi connectivity index (χ1v) is 6.66. The van der Waals surface area contributed by atoms with Crippen LogP contribution < -0.4 is 0 Å². The van der Waals surface area contributed by atoms with Crippen LogP contribution in [0.25, 0.3) is 0 Å². The zero-order chi connectivity index (χ0) is 10.5. The fourth-order valence-corrected chi connectivity index (χ4v) is 2.94. The molecular formula is C13H24O2. The van der Waals surface area contributed by atoms with E-state index in [2.05, 4.69) is 0 Å². The summed E-state index contributed by atoms with van der Waals surface area (Å²) in [4.78, 5) is 0. The molecule has 0 aromatic heterocycles. The molecule has 0 amide bonds. The van der Waals surface area contributed by atoms with Gasteiger partial charge in [0.2, 0.25) is 0 Å². The van der Waals surface area contributed by atoms with Crippen LogP contribution in [-0.2, 0) is 4.74 Å². The van der Waals surface area contributed by atoms with E-state index in [1.807, 2.05) is 0 Å². The topological polar surface area (TPSA) is 29.5 Å². The first kappa shape index (κ1) is 11.4. The van der Waals surface area contributed by atoms with Gasteiger partial charge >= 0.3 is 0 Å². The van der Waals surface area contributed by atoms with Crippen molar-refractivity contribution in [1.82, 2.24) is 0 Å². The average molecular weight is 212 g/mol. The Morgan fingerprint density at radius 2 is 1.53 bits per heavy atom. The highest BCUT2D eigenvalue weighted by molar-refractivity contribution is 4.75. The molecule has 2 nitrogen and oxygen atoms in total. The van der Waals surface area contributed by atoms with Gasteiger partial charge in [-0.2, -0.15) is 0 Å². The van der Waals surface area contributed by atoms with Crippen molar-refractivity contribution in [2.75, 3.05) is 6.61 Å². The molecule has 2 fully saturated rings. The molecule has 0 aromatic carbocycles. The van der Waals surface area contributed by atoms with Crippen molar-refractivity contribution >= 4 is 0 Å². The Hall–Kier alpha value is -0.0800. The van der Waals surface area contributed by atoms with E-state index in [9.17, 15) is 5.11 Å². The largest absolute Gasteiger partial charge is 0.390 e. The molecule has 0 aromatic rings. The Morgan fingerprint density at radius 3 is 2.20 bits per heavy atom. The highest BCUT2D eigenvalue weighted by Crippen LogP contribution is 2.28. The predicted molar refractivity (Wildman–Crippen MR) is 60.8 cm³/mol. The van der Waals surface area contributed by atoms with Crippen molar-refractivity contribution in [2.45, 2.75) is 70.0 Å². The molecule has 2 rings (SSSR count). The van der Waals surface area contributed by atoms with Crippen LogP contribution in [0.15, 0.2) is 0 Å². The predicted octanol–water partition coefficient (Wildman–Crippen LogP) is 2.89. The van der Waals surface area contributed by atoms with E-state index in [4.69, 9.17) is 4.74 Å². The molecule has 0 heterocycles. The van der Waals surface area contributed by atoms with Crippen molar-refractivity contribution in [3.8, 4) is 0 Å². The van der Waals surface area contributed by atoms with Gasteiger partial charge in [0.1, 0.15) is 0 Å². The van der Waals surface area contributed by atoms with Crippen molar-refractivity contribution < 1.29 is 9.84 Å². The van der Waals surface area contributed by atoms with Gasteiger partial charge in [0.25, 0.3) is 0 Å². The molecule has 0 bridgehead atoms. The quantitative estimate of drug-likeness (QED) is 0.776. The van der Waals surface area contributed by atoms with Crippen LogP contribution in [-0.4, -0.2) is 23.9 Å². The molecular weight excluding hydrogens is 188 g/mol. The van der Waals surface area contributed by atoms with E-state index >= 15 is 0 Å². The lowest BCUT2D eigenvalue weighted by Gasteiger charge is -2.25. The summed E-state index contributed by atoms with van der Waals surface area (Å²) in [6.07, 6.45) is 11.6. The highest BCUT2D eigenvalue weighted by Gasteiger charge is 2.24. The lowest BCUT2D eigenvalue weighted by molar-refractivity contribution is -0.0416. The third-order valence-corrected chi connectivity index (χ3v) is 4.00. The van der Waals surface area contributed by atoms with Crippen LogP contribution in [0, 0.1) is 5.92 Å². The smallest absolute Gasteiger partial charge is 0.0801 e. The standard InChI is InChI=1S/C13H24O2/c14-13(11-6-4-5-7-11)10-15-12-8-2-1-3-9-12/h11-14H,1-10H2. The molecule has 15 heavy (non-hydrogen) atoms. The third kappa shape index (κ3) is 3.46. The SMILES string of the molecule is OC(COC1CCCCC1)C1CCCC1. The molecule has 1 atom stereocenters. The summed E-state index contributed by atoms with van der Waals surface area (Å²) in [7, 11) is 0. The van der Waals surface area contributed by atoms with Gasteiger partial charge < -0.3 is 9.84 Å². The molecule has 2 aliphatic carbocycles. The summed E-state index contributed by atoms with van der Waals surface area (Å²) in [5.74, 6) is 0.522. The number of hydrogen-bond donors (Lipinski definition) is 1. The van der Waals surface area contributed by atoms with E-state index in [0.29, 0.717) is 18.6 Å². The van der Waals surface area contributed by atoms with E-state index in [0.717, 1.165) is 0 Å². The molecule has 2 heteroatoms. The lowest BCUT2D eigenvalue weighted by atomic mass is 9.97. The van der Waals surface area contributed by atoms with Gasteiger partial charge in [0.05, 0.1) is 18.8 Å². The minimum atomic E-state index is -0.200. The van der Waals surface area contributed by atoms with Gasteiger partial charge in [-0.25, -0.2) is 0 Å². The van der Waals surface area contributed by atoms with Crippen LogP contribution in [0.4, 0.5) is 0 Å².